The molecule has 1 amide bonds. The summed E-state index contributed by atoms with van der Waals surface area (Å²) in [7, 11) is 6.20. The first-order valence-electron chi connectivity index (χ1n) is 22.0. The van der Waals surface area contributed by atoms with Gasteiger partial charge in [0.25, 0.3) is 0 Å². The van der Waals surface area contributed by atoms with Gasteiger partial charge in [-0.1, -0.05) is 47.6 Å². The molecule has 4 heterocycles. The number of oxazole rings is 3. The van der Waals surface area contributed by atoms with Crippen molar-refractivity contribution in [2.24, 2.45) is 41.2 Å². The maximum atomic E-state index is 13.9. The molecular formula is C46H68N4O14. The molecule has 1 aliphatic rings. The Morgan fingerprint density at radius 2 is 1.59 bits per heavy atom. The smallest absolute Gasteiger partial charge is 0.404 e. The van der Waals surface area contributed by atoms with Gasteiger partial charge in [0.2, 0.25) is 17.7 Å². The van der Waals surface area contributed by atoms with Crippen LogP contribution in [0.5, 0.6) is 0 Å². The van der Waals surface area contributed by atoms with Gasteiger partial charge in [0.05, 0.1) is 30.8 Å². The second-order valence-electron chi connectivity index (χ2n) is 17.3. The highest BCUT2D eigenvalue weighted by Crippen LogP contribution is 2.34. The van der Waals surface area contributed by atoms with E-state index in [-0.39, 0.29) is 79.7 Å². The molecule has 0 saturated carbocycles. The number of nitrogens with zero attached hydrogens (tertiary/aromatic N) is 3. The van der Waals surface area contributed by atoms with Crippen LogP contribution < -0.4 is 5.73 Å². The number of carbonyl (C=O) groups excluding carboxylic acids is 4. The minimum Gasteiger partial charge on any atom is -0.462 e. The zero-order valence-electron chi connectivity index (χ0n) is 38.8. The molecule has 64 heavy (non-hydrogen) atoms. The van der Waals surface area contributed by atoms with Gasteiger partial charge in [-0.25, -0.2) is 19.7 Å². The van der Waals surface area contributed by atoms with Crippen LogP contribution in [-0.2, 0) is 42.8 Å². The second kappa shape index (κ2) is 25.1. The number of ketones is 1. The molecule has 1 aliphatic heterocycles. The van der Waals surface area contributed by atoms with Crippen molar-refractivity contribution in [2.45, 2.75) is 136 Å². The summed E-state index contributed by atoms with van der Waals surface area (Å²) in [6.07, 6.45) is 4.76. The van der Waals surface area contributed by atoms with Crippen LogP contribution in [-0.4, -0.2) is 109 Å². The van der Waals surface area contributed by atoms with Gasteiger partial charge in [-0.15, -0.1) is 0 Å². The Hall–Kier alpha value is -4.75. The van der Waals surface area contributed by atoms with Crippen molar-refractivity contribution in [1.29, 1.82) is 0 Å². The third kappa shape index (κ3) is 14.4. The Kier molecular flexibility index (Phi) is 20.3. The van der Waals surface area contributed by atoms with Gasteiger partial charge in [-0.05, 0) is 49.5 Å². The number of aldehydes is 1. The van der Waals surface area contributed by atoms with Crippen LogP contribution in [0.1, 0.15) is 111 Å². The van der Waals surface area contributed by atoms with E-state index in [9.17, 15) is 24.3 Å². The van der Waals surface area contributed by atoms with E-state index in [4.69, 9.17) is 47.4 Å². The highest BCUT2D eigenvalue weighted by atomic mass is 16.6. The van der Waals surface area contributed by atoms with Crippen LogP contribution in [0.25, 0.3) is 29.2 Å². The monoisotopic (exact) mass is 900 g/mol. The summed E-state index contributed by atoms with van der Waals surface area (Å²) in [6.45, 7) is 11.3. The molecule has 0 spiro atoms. The van der Waals surface area contributed by atoms with Crippen LogP contribution in [0.4, 0.5) is 4.79 Å². The number of amides is 1. The molecule has 0 aliphatic carbocycles. The molecule has 0 saturated heterocycles. The van der Waals surface area contributed by atoms with Crippen LogP contribution in [0, 0.1) is 35.5 Å². The molecule has 4 rings (SSSR count). The van der Waals surface area contributed by atoms with Crippen molar-refractivity contribution in [2.75, 3.05) is 28.4 Å². The number of fused-ring (bicyclic) bond motifs is 8. The van der Waals surface area contributed by atoms with Crippen molar-refractivity contribution >= 4 is 30.2 Å². The topological polar surface area (TPSA) is 248 Å². The average molecular weight is 901 g/mol. The van der Waals surface area contributed by atoms with E-state index in [1.165, 1.54) is 25.9 Å². The lowest BCUT2D eigenvalue weighted by Crippen LogP contribution is -2.39. The van der Waals surface area contributed by atoms with E-state index in [0.717, 1.165) is 6.29 Å². The highest BCUT2D eigenvalue weighted by Gasteiger charge is 2.36. The van der Waals surface area contributed by atoms with E-state index < -0.39 is 72.5 Å². The Morgan fingerprint density at radius 3 is 2.25 bits per heavy atom. The predicted molar refractivity (Wildman–Crippen MR) is 232 cm³/mol. The van der Waals surface area contributed by atoms with E-state index in [2.05, 4.69) is 15.0 Å². The molecule has 356 valence electrons. The fraction of sp³-hybridized carbons (Fsp3) is 0.674. The Morgan fingerprint density at radius 1 is 0.906 bits per heavy atom. The summed E-state index contributed by atoms with van der Waals surface area (Å²) in [5, 5.41) is 11.4. The minimum absolute atomic E-state index is 0.0136. The van der Waals surface area contributed by atoms with E-state index in [1.807, 2.05) is 47.6 Å². The predicted octanol–water partition coefficient (Wildman–Crippen LogP) is 7.19. The summed E-state index contributed by atoms with van der Waals surface area (Å²) in [4.78, 5) is 64.2. The van der Waals surface area contributed by atoms with Gasteiger partial charge >= 0.3 is 12.1 Å². The molecule has 18 heteroatoms. The molecule has 6 bridgehead atoms. The van der Waals surface area contributed by atoms with Crippen LogP contribution >= 0.6 is 0 Å². The lowest BCUT2D eigenvalue weighted by atomic mass is 9.84. The van der Waals surface area contributed by atoms with Crippen molar-refractivity contribution < 1.29 is 66.0 Å². The Labute approximate surface area is 375 Å². The zero-order chi connectivity index (χ0) is 47.1. The molecule has 0 fully saturated rings. The summed E-state index contributed by atoms with van der Waals surface area (Å²) in [6, 6.07) is 0. The summed E-state index contributed by atoms with van der Waals surface area (Å²) in [5.74, 6) is -1.79. The van der Waals surface area contributed by atoms with Crippen molar-refractivity contribution in [3.63, 3.8) is 0 Å². The number of cyclic esters (lactones) is 1. The fourth-order valence-corrected chi connectivity index (χ4v) is 8.61. The first-order valence-corrected chi connectivity index (χ1v) is 22.0. The van der Waals surface area contributed by atoms with Crippen molar-refractivity contribution in [3.8, 4) is 23.2 Å². The van der Waals surface area contributed by atoms with Gasteiger partial charge in [0, 0.05) is 65.5 Å². The van der Waals surface area contributed by atoms with E-state index in [1.54, 1.807) is 27.4 Å². The number of nitrogens with two attached hydrogens (primary N) is 1. The van der Waals surface area contributed by atoms with Gasteiger partial charge < -0.3 is 57.3 Å². The van der Waals surface area contributed by atoms with Gasteiger partial charge in [-0.2, -0.15) is 0 Å². The third-order valence-electron chi connectivity index (χ3n) is 12.5. The lowest BCUT2D eigenvalue weighted by molar-refractivity contribution is -0.160. The van der Waals surface area contributed by atoms with Crippen molar-refractivity contribution in [3.05, 3.63) is 36.5 Å². The lowest BCUT2D eigenvalue weighted by Gasteiger charge is -2.34. The number of aliphatic hydroxyl groups is 1. The number of Topliss-reactive ketones (excluding diaryl/α,β-unsaturated/α-hetero) is 1. The van der Waals surface area contributed by atoms with Crippen LogP contribution in [0.15, 0.2) is 38.1 Å². The first kappa shape index (κ1) is 51.9. The number of ether oxygens (including phenoxy) is 6. The standard InChI is InChI=1S/C46H68N4O14/c1-25-18-31(63-46(47)55)20-41(54)64-39(21-38(57-8)26(2)14-15-35(52)28(4)42(58-9)27(3)16-17-51)30(6)37(56-7)12-11-13-40-48-33(23-60-40)44-50-34(24-62-44)45-49-32(22-61-45)43(59-10)29(5)36(53)19-25/h11,13,17,22-31,36-39,42-43,53H,12,14-16,18-21H2,1-10H3,(H2,47,55)/b13-11+. The van der Waals surface area contributed by atoms with Crippen molar-refractivity contribution in [1.82, 2.24) is 15.0 Å². The number of rotatable bonds is 16. The quantitative estimate of drug-likeness (QED) is 0.107. The normalized spacial score (nSPS) is 26.8. The molecule has 13 atom stereocenters. The molecule has 13 unspecified atom stereocenters. The van der Waals surface area contributed by atoms with E-state index >= 15 is 0 Å². The molecule has 3 N–H and O–H groups in total. The SMILES string of the molecule is COC(CC1OC(=O)CC(OC(N)=O)CC(C)CC(O)C(C)C(OC)c2coc(n2)-c2coc(n2)-c2coc(n2)/C=C/CC(OC)C1C)C(C)CCC(=O)C(C)C(OC)C(C)CC=O. The second-order valence-corrected chi connectivity index (χ2v) is 17.3. The molecule has 0 radical (unpaired) electrons. The Balaban J connectivity index is 1.62. The summed E-state index contributed by atoms with van der Waals surface area (Å²) >= 11 is 0. The number of carbonyl (C=O) groups is 4. The number of hydrogen-bond acceptors (Lipinski definition) is 17. The van der Waals surface area contributed by atoms with Gasteiger partial charge in [-0.3, -0.25) is 9.59 Å². The number of aromatic nitrogens is 3. The number of esters is 1. The number of methoxy groups -OCH3 is 4. The average Bonchev–Trinajstić information content (AvgIpc) is 4.05. The Bertz CT molecular complexity index is 1940. The number of primary amides is 1. The summed E-state index contributed by atoms with van der Waals surface area (Å²) < 4.78 is 52.2. The highest BCUT2D eigenvalue weighted by molar-refractivity contribution is 5.81. The molecule has 0 aromatic carbocycles. The molecule has 3 aromatic rings. The molecule has 18 nitrogen and oxygen atoms in total. The largest absolute Gasteiger partial charge is 0.462 e. The molecular weight excluding hydrogens is 833 g/mol. The summed E-state index contributed by atoms with van der Waals surface area (Å²) in [5.41, 5.74) is 6.57. The van der Waals surface area contributed by atoms with Crippen LogP contribution in [0.2, 0.25) is 0 Å². The minimum atomic E-state index is -1.05. The maximum absolute atomic E-state index is 13.9. The first-order chi connectivity index (χ1) is 30.5. The van der Waals surface area contributed by atoms with Gasteiger partial charge in [0.1, 0.15) is 54.9 Å². The fourth-order valence-electron chi connectivity index (χ4n) is 8.61. The van der Waals surface area contributed by atoms with Crippen LogP contribution in [0.3, 0.4) is 0 Å². The van der Waals surface area contributed by atoms with E-state index in [0.29, 0.717) is 29.9 Å². The number of hydrogen-bond donors (Lipinski definition) is 2. The van der Waals surface area contributed by atoms with Gasteiger partial charge in [0.15, 0.2) is 11.4 Å². The molecule has 3 aromatic heterocycles. The maximum Gasteiger partial charge on any atom is 0.404 e. The number of aliphatic hydroxyl groups excluding tert-OH is 1. The third-order valence-corrected chi connectivity index (χ3v) is 12.5. The zero-order valence-corrected chi connectivity index (χ0v) is 38.8.